The number of hydrogen-bond acceptors (Lipinski definition) is 2. The smallest absolute Gasteiger partial charge is 0.407 e. The lowest BCUT2D eigenvalue weighted by Crippen LogP contribution is -2.48. The van der Waals surface area contributed by atoms with Crippen molar-refractivity contribution in [3.63, 3.8) is 0 Å². The second kappa shape index (κ2) is 5.57. The van der Waals surface area contributed by atoms with Gasteiger partial charge in [0.25, 0.3) is 0 Å². The second-order valence-corrected chi connectivity index (χ2v) is 4.18. The largest absolute Gasteiger partial charge is 0.465 e. The number of rotatable bonds is 3. The van der Waals surface area contributed by atoms with Gasteiger partial charge in [-0.1, -0.05) is 6.92 Å². The summed E-state index contributed by atoms with van der Waals surface area (Å²) in [5.41, 5.74) is 0. The number of halogens is 3. The van der Waals surface area contributed by atoms with Crippen LogP contribution in [0.3, 0.4) is 0 Å². The molecule has 0 bridgehead atoms. The summed E-state index contributed by atoms with van der Waals surface area (Å²) in [7, 11) is 0. The summed E-state index contributed by atoms with van der Waals surface area (Å²) in [6.07, 6.45) is -4.26. The maximum absolute atomic E-state index is 12.3. The Bertz CT molecular complexity index is 263. The van der Waals surface area contributed by atoms with Crippen LogP contribution in [0, 0.1) is 0 Å². The average molecular weight is 254 g/mol. The molecule has 0 saturated carbocycles. The van der Waals surface area contributed by atoms with E-state index in [-0.39, 0.29) is 6.04 Å². The minimum absolute atomic E-state index is 0.169. The molecule has 1 aliphatic rings. The molecule has 1 heterocycles. The van der Waals surface area contributed by atoms with Crippen molar-refractivity contribution in [3.8, 4) is 0 Å². The van der Waals surface area contributed by atoms with Gasteiger partial charge in [-0.2, -0.15) is 13.2 Å². The van der Waals surface area contributed by atoms with E-state index in [0.717, 1.165) is 0 Å². The lowest BCUT2D eigenvalue weighted by Gasteiger charge is -2.37. The predicted octanol–water partition coefficient (Wildman–Crippen LogP) is 2.01. The van der Waals surface area contributed by atoms with Gasteiger partial charge in [0, 0.05) is 19.1 Å². The van der Waals surface area contributed by atoms with Crippen LogP contribution in [0.4, 0.5) is 18.0 Å². The maximum Gasteiger partial charge on any atom is 0.407 e. The Morgan fingerprint density at radius 3 is 2.29 bits per heavy atom. The van der Waals surface area contributed by atoms with Crippen LogP contribution in [-0.4, -0.2) is 59.4 Å². The molecule has 1 saturated heterocycles. The molecular formula is C10H17F3N2O2. The van der Waals surface area contributed by atoms with Gasteiger partial charge < -0.3 is 10.0 Å². The molecule has 17 heavy (non-hydrogen) atoms. The van der Waals surface area contributed by atoms with Crippen molar-refractivity contribution in [3.05, 3.63) is 0 Å². The predicted molar refractivity (Wildman–Crippen MR) is 55.9 cm³/mol. The molecule has 1 rings (SSSR count). The summed E-state index contributed by atoms with van der Waals surface area (Å²) < 4.78 is 36.9. The molecule has 1 fully saturated rings. The molecule has 0 atom stereocenters. The van der Waals surface area contributed by atoms with E-state index in [9.17, 15) is 18.0 Å². The van der Waals surface area contributed by atoms with E-state index in [1.165, 1.54) is 9.80 Å². The van der Waals surface area contributed by atoms with E-state index in [0.29, 0.717) is 32.5 Å². The van der Waals surface area contributed by atoms with E-state index < -0.39 is 18.8 Å². The quantitative estimate of drug-likeness (QED) is 0.837. The number of alkyl halides is 3. The second-order valence-electron chi connectivity index (χ2n) is 4.18. The van der Waals surface area contributed by atoms with Crippen LogP contribution in [0.1, 0.15) is 19.8 Å². The zero-order valence-corrected chi connectivity index (χ0v) is 9.70. The normalized spacial score (nSPS) is 18.8. The van der Waals surface area contributed by atoms with Gasteiger partial charge in [-0.3, -0.25) is 4.90 Å². The fourth-order valence-electron chi connectivity index (χ4n) is 2.15. The Morgan fingerprint density at radius 2 is 1.94 bits per heavy atom. The molecule has 0 aromatic heterocycles. The summed E-state index contributed by atoms with van der Waals surface area (Å²) in [6.45, 7) is 1.73. The Labute approximate surface area is 98.0 Å². The van der Waals surface area contributed by atoms with E-state index in [1.807, 2.05) is 0 Å². The minimum Gasteiger partial charge on any atom is -0.465 e. The molecule has 1 amide bonds. The number of piperidine rings is 1. The molecular weight excluding hydrogens is 237 g/mol. The van der Waals surface area contributed by atoms with E-state index >= 15 is 0 Å². The highest BCUT2D eigenvalue weighted by Gasteiger charge is 2.34. The maximum atomic E-state index is 12.3. The molecule has 0 aliphatic carbocycles. The SMILES string of the molecule is CCN(CC(F)(F)F)C1CCN(C(=O)O)CC1. The molecule has 1 aliphatic heterocycles. The topological polar surface area (TPSA) is 43.8 Å². The zero-order chi connectivity index (χ0) is 13.1. The van der Waals surface area contributed by atoms with Crippen molar-refractivity contribution in [2.45, 2.75) is 32.0 Å². The Balaban J connectivity index is 2.48. The monoisotopic (exact) mass is 254 g/mol. The van der Waals surface area contributed by atoms with E-state index in [4.69, 9.17) is 5.11 Å². The van der Waals surface area contributed by atoms with Crippen LogP contribution in [-0.2, 0) is 0 Å². The lowest BCUT2D eigenvalue weighted by molar-refractivity contribution is -0.152. The highest BCUT2D eigenvalue weighted by molar-refractivity contribution is 5.65. The number of likely N-dealkylation sites (tertiary alicyclic amines) is 1. The number of nitrogens with zero attached hydrogens (tertiary/aromatic N) is 2. The van der Waals surface area contributed by atoms with Crippen LogP contribution in [0.25, 0.3) is 0 Å². The van der Waals surface area contributed by atoms with Crippen molar-refractivity contribution >= 4 is 6.09 Å². The van der Waals surface area contributed by atoms with Crippen LogP contribution < -0.4 is 0 Å². The third-order valence-corrected chi connectivity index (χ3v) is 3.04. The molecule has 0 aromatic rings. The number of hydrogen-bond donors (Lipinski definition) is 1. The van der Waals surface area contributed by atoms with Gasteiger partial charge in [0.2, 0.25) is 0 Å². The molecule has 7 heteroatoms. The van der Waals surface area contributed by atoms with Gasteiger partial charge in [-0.25, -0.2) is 4.79 Å². The highest BCUT2D eigenvalue weighted by atomic mass is 19.4. The highest BCUT2D eigenvalue weighted by Crippen LogP contribution is 2.22. The lowest BCUT2D eigenvalue weighted by atomic mass is 10.0. The molecule has 0 aromatic carbocycles. The summed E-state index contributed by atoms with van der Waals surface area (Å²) in [5.74, 6) is 0. The van der Waals surface area contributed by atoms with Crippen molar-refractivity contribution in [2.24, 2.45) is 0 Å². The zero-order valence-electron chi connectivity index (χ0n) is 9.70. The number of amides is 1. The van der Waals surface area contributed by atoms with Crippen LogP contribution >= 0.6 is 0 Å². The van der Waals surface area contributed by atoms with Gasteiger partial charge >= 0.3 is 12.3 Å². The summed E-state index contributed by atoms with van der Waals surface area (Å²) in [5, 5.41) is 8.74. The molecule has 0 radical (unpaired) electrons. The van der Waals surface area contributed by atoms with Gasteiger partial charge in [0.1, 0.15) is 0 Å². The Kier molecular flexibility index (Phi) is 4.62. The Morgan fingerprint density at radius 1 is 1.41 bits per heavy atom. The standard InChI is InChI=1S/C10H17F3N2O2/c1-2-14(7-10(11,12)13)8-3-5-15(6-4-8)9(16)17/h8H,2-7H2,1H3,(H,16,17). The molecule has 4 nitrogen and oxygen atoms in total. The van der Waals surface area contributed by atoms with Gasteiger partial charge in [-0.05, 0) is 19.4 Å². The first-order chi connectivity index (χ1) is 7.83. The number of carboxylic acid groups (broad SMARTS) is 1. The third kappa shape index (κ3) is 4.41. The van der Waals surface area contributed by atoms with E-state index in [2.05, 4.69) is 0 Å². The number of carbonyl (C=O) groups is 1. The first-order valence-electron chi connectivity index (χ1n) is 5.62. The van der Waals surface area contributed by atoms with Crippen LogP contribution in [0.2, 0.25) is 0 Å². The van der Waals surface area contributed by atoms with Crippen molar-refractivity contribution < 1.29 is 23.1 Å². The van der Waals surface area contributed by atoms with Crippen molar-refractivity contribution in [2.75, 3.05) is 26.2 Å². The van der Waals surface area contributed by atoms with Gasteiger partial charge in [0.15, 0.2) is 0 Å². The fraction of sp³-hybridized carbons (Fsp3) is 0.900. The fourth-order valence-corrected chi connectivity index (χ4v) is 2.15. The molecule has 0 unspecified atom stereocenters. The van der Waals surface area contributed by atoms with E-state index in [1.54, 1.807) is 6.92 Å². The summed E-state index contributed by atoms with van der Waals surface area (Å²) >= 11 is 0. The average Bonchev–Trinajstić information content (AvgIpc) is 2.25. The van der Waals surface area contributed by atoms with Crippen molar-refractivity contribution in [1.82, 2.24) is 9.80 Å². The Hall–Kier alpha value is -0.980. The van der Waals surface area contributed by atoms with Crippen molar-refractivity contribution in [1.29, 1.82) is 0 Å². The van der Waals surface area contributed by atoms with Crippen LogP contribution in [0.15, 0.2) is 0 Å². The third-order valence-electron chi connectivity index (χ3n) is 3.04. The minimum atomic E-state index is -4.19. The molecule has 1 N–H and O–H groups in total. The summed E-state index contributed by atoms with van der Waals surface area (Å²) in [4.78, 5) is 13.3. The van der Waals surface area contributed by atoms with Crippen LogP contribution in [0.5, 0.6) is 0 Å². The summed E-state index contributed by atoms with van der Waals surface area (Å²) in [6, 6.07) is -0.169. The van der Waals surface area contributed by atoms with Gasteiger partial charge in [0.05, 0.1) is 6.54 Å². The first kappa shape index (κ1) is 14.1. The molecule has 100 valence electrons. The van der Waals surface area contributed by atoms with Gasteiger partial charge in [-0.15, -0.1) is 0 Å². The first-order valence-corrected chi connectivity index (χ1v) is 5.62. The molecule has 0 spiro atoms.